The molecule has 0 aliphatic rings. The average molecular weight is 280 g/mol. The Labute approximate surface area is 128 Å². The van der Waals surface area contributed by atoms with Crippen molar-refractivity contribution in [1.82, 2.24) is 0 Å². The second-order valence-electron chi connectivity index (χ2n) is 5.61. The first-order valence-corrected chi connectivity index (χ1v) is 7.66. The summed E-state index contributed by atoms with van der Waals surface area (Å²) in [5.41, 5.74) is 3.80. The van der Waals surface area contributed by atoms with Crippen LogP contribution >= 0.6 is 0 Å². The second-order valence-corrected chi connectivity index (χ2v) is 5.61. The fourth-order valence-electron chi connectivity index (χ4n) is 2.24. The summed E-state index contributed by atoms with van der Waals surface area (Å²) in [5.74, 6) is 0.594. The topological polar surface area (TPSA) is 9.23 Å². The largest absolute Gasteiger partial charge is 0.381 e. The number of ether oxygens (including phenoxy) is 1. The zero-order valence-electron chi connectivity index (χ0n) is 13.0. The van der Waals surface area contributed by atoms with Crippen LogP contribution in [0.4, 0.5) is 0 Å². The van der Waals surface area contributed by atoms with Crippen LogP contribution in [-0.2, 0) is 4.74 Å². The number of rotatable bonds is 7. The molecule has 0 saturated carbocycles. The van der Waals surface area contributed by atoms with Gasteiger partial charge in [-0.3, -0.25) is 0 Å². The number of benzene rings is 2. The maximum atomic E-state index is 5.67. The summed E-state index contributed by atoms with van der Waals surface area (Å²) < 4.78 is 5.67. The second kappa shape index (κ2) is 8.43. The van der Waals surface area contributed by atoms with Crippen LogP contribution in [0.5, 0.6) is 0 Å². The first-order chi connectivity index (χ1) is 10.3. The lowest BCUT2D eigenvalue weighted by atomic mass is 9.97. The normalized spacial score (nSPS) is 10.6. The summed E-state index contributed by atoms with van der Waals surface area (Å²) in [5, 5.41) is 0. The Morgan fingerprint density at radius 2 is 1.43 bits per heavy atom. The molecule has 0 radical (unpaired) electrons. The maximum Gasteiger partial charge on any atom is 0.0500 e. The van der Waals surface area contributed by atoms with Crippen LogP contribution in [-0.4, -0.2) is 13.2 Å². The molecule has 0 fully saturated rings. The van der Waals surface area contributed by atoms with E-state index < -0.39 is 0 Å². The van der Waals surface area contributed by atoms with Gasteiger partial charge < -0.3 is 4.74 Å². The zero-order valence-corrected chi connectivity index (χ0v) is 13.0. The van der Waals surface area contributed by atoms with Crippen LogP contribution in [0.2, 0.25) is 0 Å². The van der Waals surface area contributed by atoms with Crippen LogP contribution < -0.4 is 0 Å². The molecule has 0 N–H and O–H groups in total. The molecule has 2 rings (SSSR count). The van der Waals surface area contributed by atoms with Gasteiger partial charge in [0.05, 0.1) is 6.61 Å². The lowest BCUT2D eigenvalue weighted by Gasteiger charge is -2.09. The molecule has 0 aliphatic carbocycles. The van der Waals surface area contributed by atoms with Gasteiger partial charge in [-0.25, -0.2) is 0 Å². The minimum absolute atomic E-state index is 0.594. The monoisotopic (exact) mass is 280 g/mol. The van der Waals surface area contributed by atoms with Crippen molar-refractivity contribution in [3.63, 3.8) is 0 Å². The average Bonchev–Trinajstić information content (AvgIpc) is 2.52. The highest BCUT2D eigenvalue weighted by Gasteiger charge is 2.03. The molecule has 0 amide bonds. The minimum atomic E-state index is 0.594. The fraction of sp³-hybridized carbons (Fsp3) is 0.300. The minimum Gasteiger partial charge on any atom is -0.381 e. The quantitative estimate of drug-likeness (QED) is 0.635. The van der Waals surface area contributed by atoms with Gasteiger partial charge in [0.25, 0.3) is 0 Å². The molecule has 0 atom stereocenters. The van der Waals surface area contributed by atoms with Crippen LogP contribution in [0.25, 0.3) is 5.57 Å². The third-order valence-electron chi connectivity index (χ3n) is 3.23. The van der Waals surface area contributed by atoms with Crippen LogP contribution in [0, 0.1) is 5.92 Å². The predicted molar refractivity (Wildman–Crippen MR) is 90.2 cm³/mol. The van der Waals surface area contributed by atoms with Gasteiger partial charge in [-0.05, 0) is 29.0 Å². The van der Waals surface area contributed by atoms with E-state index in [1.165, 1.54) is 16.7 Å². The third kappa shape index (κ3) is 5.20. The lowest BCUT2D eigenvalue weighted by molar-refractivity contribution is 0.114. The van der Waals surface area contributed by atoms with E-state index in [1.54, 1.807) is 0 Å². The van der Waals surface area contributed by atoms with Crippen molar-refractivity contribution in [2.75, 3.05) is 13.2 Å². The van der Waals surface area contributed by atoms with Crippen molar-refractivity contribution < 1.29 is 4.74 Å². The van der Waals surface area contributed by atoms with E-state index in [0.717, 1.165) is 19.6 Å². The van der Waals surface area contributed by atoms with E-state index in [0.29, 0.717) is 5.92 Å². The summed E-state index contributed by atoms with van der Waals surface area (Å²) >= 11 is 0. The Kier molecular flexibility index (Phi) is 6.23. The Morgan fingerprint density at radius 1 is 0.905 bits per heavy atom. The molecule has 0 aromatic heterocycles. The maximum absolute atomic E-state index is 5.67. The van der Waals surface area contributed by atoms with Crippen molar-refractivity contribution in [2.24, 2.45) is 5.92 Å². The Morgan fingerprint density at radius 3 is 1.90 bits per heavy atom. The molecular formula is C20H24O. The summed E-state index contributed by atoms with van der Waals surface area (Å²) in [6.07, 6.45) is 3.22. The fourth-order valence-corrected chi connectivity index (χ4v) is 2.24. The van der Waals surface area contributed by atoms with Crippen molar-refractivity contribution in [3.8, 4) is 0 Å². The van der Waals surface area contributed by atoms with Gasteiger partial charge >= 0.3 is 0 Å². The summed E-state index contributed by atoms with van der Waals surface area (Å²) in [7, 11) is 0. The molecule has 0 spiro atoms. The zero-order chi connectivity index (χ0) is 14.9. The Bertz CT molecular complexity index is 499. The summed E-state index contributed by atoms with van der Waals surface area (Å²) in [6, 6.07) is 21.1. The summed E-state index contributed by atoms with van der Waals surface area (Å²) in [4.78, 5) is 0. The van der Waals surface area contributed by atoms with Gasteiger partial charge in [0, 0.05) is 6.61 Å². The molecule has 2 aromatic rings. The SMILES string of the molecule is CC(C)COCCC=C(c1ccccc1)c1ccccc1. The van der Waals surface area contributed by atoms with E-state index in [9.17, 15) is 0 Å². The molecule has 110 valence electrons. The van der Waals surface area contributed by atoms with Gasteiger partial charge in [-0.2, -0.15) is 0 Å². The smallest absolute Gasteiger partial charge is 0.0500 e. The Balaban J connectivity index is 2.10. The Hall–Kier alpha value is -1.86. The van der Waals surface area contributed by atoms with E-state index in [-0.39, 0.29) is 0 Å². The van der Waals surface area contributed by atoms with E-state index >= 15 is 0 Å². The van der Waals surface area contributed by atoms with Gasteiger partial charge in [-0.15, -0.1) is 0 Å². The standard InChI is InChI=1S/C20H24O/c1-17(2)16-21-15-9-14-20(18-10-5-3-6-11-18)19-12-7-4-8-13-19/h3-8,10-14,17H,9,15-16H2,1-2H3. The van der Waals surface area contributed by atoms with Crippen molar-refractivity contribution in [1.29, 1.82) is 0 Å². The van der Waals surface area contributed by atoms with Crippen molar-refractivity contribution in [3.05, 3.63) is 77.9 Å². The van der Waals surface area contributed by atoms with E-state index in [1.807, 2.05) is 0 Å². The molecule has 1 heteroatoms. The third-order valence-corrected chi connectivity index (χ3v) is 3.23. The number of hydrogen-bond donors (Lipinski definition) is 0. The molecule has 0 bridgehead atoms. The molecule has 0 heterocycles. The van der Waals surface area contributed by atoms with E-state index in [4.69, 9.17) is 4.74 Å². The highest BCUT2D eigenvalue weighted by Crippen LogP contribution is 2.23. The molecule has 0 saturated heterocycles. The van der Waals surface area contributed by atoms with Gasteiger partial charge in [0.1, 0.15) is 0 Å². The van der Waals surface area contributed by atoms with Crippen LogP contribution in [0.3, 0.4) is 0 Å². The first-order valence-electron chi connectivity index (χ1n) is 7.66. The highest BCUT2D eigenvalue weighted by atomic mass is 16.5. The van der Waals surface area contributed by atoms with Crippen LogP contribution in [0.1, 0.15) is 31.4 Å². The van der Waals surface area contributed by atoms with E-state index in [2.05, 4.69) is 80.6 Å². The van der Waals surface area contributed by atoms with Gasteiger partial charge in [-0.1, -0.05) is 80.6 Å². The molecule has 21 heavy (non-hydrogen) atoms. The van der Waals surface area contributed by atoms with Crippen molar-refractivity contribution >= 4 is 5.57 Å². The summed E-state index contributed by atoms with van der Waals surface area (Å²) in [6.45, 7) is 5.96. The lowest BCUT2D eigenvalue weighted by Crippen LogP contribution is -2.02. The van der Waals surface area contributed by atoms with Crippen molar-refractivity contribution in [2.45, 2.75) is 20.3 Å². The molecule has 0 unspecified atom stereocenters. The molecule has 1 nitrogen and oxygen atoms in total. The highest BCUT2D eigenvalue weighted by molar-refractivity contribution is 5.79. The molecule has 0 aliphatic heterocycles. The van der Waals surface area contributed by atoms with Gasteiger partial charge in [0.15, 0.2) is 0 Å². The molecule has 2 aromatic carbocycles. The van der Waals surface area contributed by atoms with Gasteiger partial charge in [0.2, 0.25) is 0 Å². The van der Waals surface area contributed by atoms with Crippen LogP contribution in [0.15, 0.2) is 66.7 Å². The first kappa shape index (κ1) is 15.5. The predicted octanol–water partition coefficient (Wildman–Crippen LogP) is 5.18. The molecular weight excluding hydrogens is 256 g/mol. The number of hydrogen-bond acceptors (Lipinski definition) is 1.